The highest BCUT2D eigenvalue weighted by Crippen LogP contribution is 2.29. The van der Waals surface area contributed by atoms with Gasteiger partial charge >= 0.3 is 0 Å². The molecule has 2 aromatic rings. The molecule has 1 aromatic carbocycles. The summed E-state index contributed by atoms with van der Waals surface area (Å²) in [5.74, 6) is 0.678. The molecular formula is C14H8Cl2N4S. The highest BCUT2D eigenvalue weighted by Gasteiger charge is 2.11. The molecule has 7 heteroatoms. The summed E-state index contributed by atoms with van der Waals surface area (Å²) in [6, 6.07) is 10.7. The minimum Gasteiger partial charge on any atom is -0.383 e. The maximum Gasteiger partial charge on any atom is 0.142 e. The van der Waals surface area contributed by atoms with Crippen LogP contribution in [0, 0.1) is 22.7 Å². The zero-order valence-corrected chi connectivity index (χ0v) is 12.9. The van der Waals surface area contributed by atoms with Crippen LogP contribution in [0.4, 0.5) is 5.82 Å². The summed E-state index contributed by atoms with van der Waals surface area (Å²) in [5.41, 5.74) is 7.15. The molecule has 1 heterocycles. The van der Waals surface area contributed by atoms with E-state index in [1.165, 1.54) is 17.8 Å². The molecule has 104 valence electrons. The molecule has 0 radical (unpaired) electrons. The Hall–Kier alpha value is -1.92. The van der Waals surface area contributed by atoms with Gasteiger partial charge in [-0.2, -0.15) is 10.5 Å². The molecule has 2 rings (SSSR count). The lowest BCUT2D eigenvalue weighted by molar-refractivity contribution is 1.11. The molecule has 0 fully saturated rings. The fraction of sp³-hybridized carbons (Fsp3) is 0.0714. The predicted molar refractivity (Wildman–Crippen MR) is 84.1 cm³/mol. The number of hydrogen-bond donors (Lipinski definition) is 1. The standard InChI is InChI=1S/C14H8Cl2N4S/c15-11-2-1-8(3-12(11)16)7-21-14-10(6-18)4-9(5-17)13(19)20-14/h1-4H,7H2,(H2,19,20). The van der Waals surface area contributed by atoms with Gasteiger partial charge in [0.05, 0.1) is 21.2 Å². The van der Waals surface area contributed by atoms with Crippen molar-refractivity contribution in [3.05, 3.63) is 51.0 Å². The van der Waals surface area contributed by atoms with E-state index >= 15 is 0 Å². The van der Waals surface area contributed by atoms with Gasteiger partial charge in [-0.1, -0.05) is 29.3 Å². The number of nitrogens with two attached hydrogens (primary N) is 1. The van der Waals surface area contributed by atoms with Crippen LogP contribution in [0.25, 0.3) is 0 Å². The van der Waals surface area contributed by atoms with E-state index in [2.05, 4.69) is 4.98 Å². The SMILES string of the molecule is N#Cc1cc(C#N)c(SCc2ccc(Cl)c(Cl)c2)nc1N. The number of benzene rings is 1. The van der Waals surface area contributed by atoms with E-state index < -0.39 is 0 Å². The fourth-order valence-electron chi connectivity index (χ4n) is 1.57. The van der Waals surface area contributed by atoms with E-state index in [0.717, 1.165) is 5.56 Å². The van der Waals surface area contributed by atoms with Gasteiger partial charge in [0.1, 0.15) is 23.0 Å². The van der Waals surface area contributed by atoms with Gasteiger partial charge < -0.3 is 5.73 Å². The number of thioether (sulfide) groups is 1. The second kappa shape index (κ2) is 6.69. The van der Waals surface area contributed by atoms with Crippen molar-refractivity contribution in [3.8, 4) is 12.1 Å². The zero-order chi connectivity index (χ0) is 15.4. The van der Waals surface area contributed by atoms with Crippen LogP contribution in [0.3, 0.4) is 0 Å². The number of aromatic nitrogens is 1. The van der Waals surface area contributed by atoms with Crippen molar-refractivity contribution in [2.75, 3.05) is 5.73 Å². The van der Waals surface area contributed by atoms with Crippen LogP contribution in [0.15, 0.2) is 29.3 Å². The third kappa shape index (κ3) is 3.59. The third-order valence-corrected chi connectivity index (χ3v) is 4.42. The van der Waals surface area contributed by atoms with E-state index in [4.69, 9.17) is 39.5 Å². The van der Waals surface area contributed by atoms with Gasteiger partial charge in [-0.25, -0.2) is 4.98 Å². The molecule has 2 N–H and O–H groups in total. The molecule has 4 nitrogen and oxygen atoms in total. The van der Waals surface area contributed by atoms with Gasteiger partial charge in [0.2, 0.25) is 0 Å². The molecule has 0 saturated carbocycles. The van der Waals surface area contributed by atoms with Gasteiger partial charge in [-0.3, -0.25) is 0 Å². The fourth-order valence-corrected chi connectivity index (χ4v) is 2.80. The van der Waals surface area contributed by atoms with Crippen molar-refractivity contribution >= 4 is 40.8 Å². The van der Waals surface area contributed by atoms with E-state index in [-0.39, 0.29) is 11.4 Å². The molecule has 0 atom stereocenters. The quantitative estimate of drug-likeness (QED) is 0.857. The summed E-state index contributed by atoms with van der Waals surface area (Å²) in [7, 11) is 0. The van der Waals surface area contributed by atoms with Crippen molar-refractivity contribution in [1.29, 1.82) is 10.5 Å². The molecule has 1 aromatic heterocycles. The normalized spacial score (nSPS) is 9.90. The first-order valence-electron chi connectivity index (χ1n) is 5.72. The van der Waals surface area contributed by atoms with Crippen LogP contribution in [0.2, 0.25) is 10.0 Å². The molecule has 0 unspecified atom stereocenters. The predicted octanol–water partition coefficient (Wildman–Crippen LogP) is 4.01. The number of nitrogen functional groups attached to an aromatic ring is 1. The van der Waals surface area contributed by atoms with E-state index in [9.17, 15) is 0 Å². The number of anilines is 1. The molecule has 0 aliphatic rings. The number of halogens is 2. The van der Waals surface area contributed by atoms with Crippen LogP contribution in [0.1, 0.15) is 16.7 Å². The molecule has 21 heavy (non-hydrogen) atoms. The minimum absolute atomic E-state index is 0.119. The largest absolute Gasteiger partial charge is 0.383 e. The molecule has 0 spiro atoms. The number of hydrogen-bond acceptors (Lipinski definition) is 5. The van der Waals surface area contributed by atoms with Crippen LogP contribution in [0.5, 0.6) is 0 Å². The molecular weight excluding hydrogens is 327 g/mol. The average molecular weight is 335 g/mol. The molecule has 0 aliphatic carbocycles. The Morgan fingerprint density at radius 2 is 1.81 bits per heavy atom. The van der Waals surface area contributed by atoms with Crippen molar-refractivity contribution in [1.82, 2.24) is 4.98 Å². The number of pyridine rings is 1. The number of nitriles is 2. The Kier molecular flexibility index (Phi) is 4.93. The molecule has 0 saturated heterocycles. The highest BCUT2D eigenvalue weighted by molar-refractivity contribution is 7.98. The zero-order valence-electron chi connectivity index (χ0n) is 10.6. The topological polar surface area (TPSA) is 86.5 Å². The Balaban J connectivity index is 2.24. The maximum atomic E-state index is 9.11. The first-order chi connectivity index (χ1) is 10.0. The average Bonchev–Trinajstić information content (AvgIpc) is 2.48. The summed E-state index contributed by atoms with van der Waals surface area (Å²) >= 11 is 13.2. The number of nitrogens with zero attached hydrogens (tertiary/aromatic N) is 3. The van der Waals surface area contributed by atoms with E-state index in [1.54, 1.807) is 12.1 Å². The van der Waals surface area contributed by atoms with Gasteiger partial charge in [0.25, 0.3) is 0 Å². The third-order valence-electron chi connectivity index (χ3n) is 2.62. The van der Waals surface area contributed by atoms with Crippen LogP contribution in [-0.2, 0) is 5.75 Å². The highest BCUT2D eigenvalue weighted by atomic mass is 35.5. The van der Waals surface area contributed by atoms with Crippen molar-refractivity contribution in [2.24, 2.45) is 0 Å². The van der Waals surface area contributed by atoms with Gasteiger partial charge in [0, 0.05) is 5.75 Å². The molecule has 0 bridgehead atoms. The van der Waals surface area contributed by atoms with E-state index in [0.29, 0.717) is 26.4 Å². The van der Waals surface area contributed by atoms with Crippen molar-refractivity contribution in [3.63, 3.8) is 0 Å². The number of rotatable bonds is 3. The Labute approximate surface area is 136 Å². The summed E-state index contributed by atoms with van der Waals surface area (Å²) < 4.78 is 0. The smallest absolute Gasteiger partial charge is 0.142 e. The lowest BCUT2D eigenvalue weighted by Gasteiger charge is -2.06. The Morgan fingerprint density at radius 3 is 2.43 bits per heavy atom. The summed E-state index contributed by atoms with van der Waals surface area (Å²) in [6.07, 6.45) is 0. The summed E-state index contributed by atoms with van der Waals surface area (Å²) in [5, 5.41) is 19.4. The Bertz CT molecular complexity index is 778. The molecule has 0 amide bonds. The second-order valence-corrected chi connectivity index (χ2v) is 5.81. The monoisotopic (exact) mass is 334 g/mol. The molecule has 0 aliphatic heterocycles. The lowest BCUT2D eigenvalue weighted by Crippen LogP contribution is -1.99. The lowest BCUT2D eigenvalue weighted by atomic mass is 10.2. The van der Waals surface area contributed by atoms with Gasteiger partial charge in [0.15, 0.2) is 0 Å². The van der Waals surface area contributed by atoms with Crippen molar-refractivity contribution in [2.45, 2.75) is 10.8 Å². The van der Waals surface area contributed by atoms with Crippen LogP contribution in [-0.4, -0.2) is 4.98 Å². The summed E-state index contributed by atoms with van der Waals surface area (Å²) in [4.78, 5) is 4.11. The van der Waals surface area contributed by atoms with Gasteiger partial charge in [-0.05, 0) is 23.8 Å². The Morgan fingerprint density at radius 1 is 1.10 bits per heavy atom. The van der Waals surface area contributed by atoms with Crippen LogP contribution < -0.4 is 5.73 Å². The minimum atomic E-state index is 0.119. The first-order valence-corrected chi connectivity index (χ1v) is 7.46. The first kappa shape index (κ1) is 15.5. The summed E-state index contributed by atoms with van der Waals surface area (Å²) in [6.45, 7) is 0. The van der Waals surface area contributed by atoms with Crippen LogP contribution >= 0.6 is 35.0 Å². The van der Waals surface area contributed by atoms with E-state index in [1.807, 2.05) is 18.2 Å². The van der Waals surface area contributed by atoms with Crippen molar-refractivity contribution < 1.29 is 0 Å². The van der Waals surface area contributed by atoms with Gasteiger partial charge in [-0.15, -0.1) is 11.8 Å². The maximum absolute atomic E-state index is 9.11. The second-order valence-electron chi connectivity index (χ2n) is 4.03.